The third-order valence-corrected chi connectivity index (χ3v) is 11.5. The van der Waals surface area contributed by atoms with Crippen LogP contribution in [0.25, 0.3) is 0 Å². The number of quaternary nitrogens is 1. The number of likely N-dealkylation sites (N-methyl/N-ethyl adjacent to an activating group) is 1. The summed E-state index contributed by atoms with van der Waals surface area (Å²) in [7, 11) is 1.22. The smallest absolute Gasteiger partial charge is 0.268 e. The van der Waals surface area contributed by atoms with Crippen molar-refractivity contribution in [2.75, 3.05) is 40.9 Å². The molecule has 9 heteroatoms. The molecule has 0 aliphatic heterocycles. The van der Waals surface area contributed by atoms with Crippen LogP contribution >= 0.6 is 7.82 Å². The van der Waals surface area contributed by atoms with Crippen molar-refractivity contribution in [2.45, 2.75) is 206 Å². The molecule has 0 aromatic rings. The molecule has 358 valence electrons. The molecule has 0 aromatic heterocycles. The fourth-order valence-electron chi connectivity index (χ4n) is 6.64. The van der Waals surface area contributed by atoms with Crippen LogP contribution in [-0.4, -0.2) is 68.5 Å². The normalized spacial score (nSPS) is 14.9. The number of rotatable bonds is 44. The molecule has 3 atom stereocenters. The summed E-state index contributed by atoms with van der Waals surface area (Å²) < 4.78 is 23.2. The van der Waals surface area contributed by atoms with Crippen molar-refractivity contribution >= 4 is 13.7 Å². The molecule has 0 aliphatic carbocycles. The van der Waals surface area contributed by atoms with Gasteiger partial charge in [-0.15, -0.1) is 0 Å². The third-order valence-electron chi connectivity index (χ3n) is 10.6. The summed E-state index contributed by atoms with van der Waals surface area (Å²) in [6, 6.07) is -0.916. The van der Waals surface area contributed by atoms with Crippen LogP contribution in [0.5, 0.6) is 0 Å². The minimum Gasteiger partial charge on any atom is -0.756 e. The lowest BCUT2D eigenvalue weighted by atomic mass is 10.0. The van der Waals surface area contributed by atoms with Crippen LogP contribution in [0.1, 0.15) is 194 Å². The number of phosphoric acid groups is 1. The third kappa shape index (κ3) is 45.7. The number of aliphatic hydroxyl groups is 1. The summed E-state index contributed by atoms with van der Waals surface area (Å²) in [5, 5.41) is 13.8. The Morgan fingerprint density at radius 1 is 0.581 bits per heavy atom. The summed E-state index contributed by atoms with van der Waals surface area (Å²) in [5.74, 6) is -0.220. The summed E-state index contributed by atoms with van der Waals surface area (Å²) in [4.78, 5) is 25.4. The second kappa shape index (κ2) is 43.9. The monoisotopic (exact) mass is 887 g/mol. The topological polar surface area (TPSA) is 108 Å². The number of carbonyl (C=O) groups excluding carboxylic acids is 1. The lowest BCUT2D eigenvalue weighted by Gasteiger charge is -2.29. The molecule has 3 unspecified atom stereocenters. The average molecular weight is 887 g/mol. The first-order valence-electron chi connectivity index (χ1n) is 24.9. The molecule has 0 bridgehead atoms. The van der Waals surface area contributed by atoms with E-state index < -0.39 is 26.6 Å². The van der Waals surface area contributed by atoms with Crippen molar-refractivity contribution in [3.63, 3.8) is 0 Å². The van der Waals surface area contributed by atoms with E-state index in [1.165, 1.54) is 96.3 Å². The summed E-state index contributed by atoms with van der Waals surface area (Å²) in [6.45, 7) is 4.48. The predicted octanol–water partition coefficient (Wildman–Crippen LogP) is 13.9. The van der Waals surface area contributed by atoms with E-state index in [9.17, 15) is 19.4 Å². The highest BCUT2D eigenvalue weighted by Gasteiger charge is 2.23. The Bertz CT molecular complexity index is 1280. The van der Waals surface area contributed by atoms with Gasteiger partial charge in [-0.25, -0.2) is 0 Å². The summed E-state index contributed by atoms with van der Waals surface area (Å²) >= 11 is 0. The number of amides is 1. The van der Waals surface area contributed by atoms with Gasteiger partial charge in [-0.3, -0.25) is 9.36 Å². The lowest BCUT2D eigenvalue weighted by molar-refractivity contribution is -0.870. The molecular formula is C53H95N2O6P. The molecule has 0 aromatic carbocycles. The van der Waals surface area contributed by atoms with E-state index >= 15 is 0 Å². The van der Waals surface area contributed by atoms with Gasteiger partial charge < -0.3 is 28.8 Å². The number of aliphatic hydroxyl groups excluding tert-OH is 1. The zero-order valence-corrected chi connectivity index (χ0v) is 41.4. The molecule has 0 fully saturated rings. The minimum atomic E-state index is -4.61. The molecule has 0 saturated carbocycles. The molecule has 62 heavy (non-hydrogen) atoms. The SMILES string of the molecule is CC/C=C\C/C=C\C/C=C\C/C=C\CCCCCCCCCCCCC(=O)NC(COP(=O)([O-])OCC[N+](C)(C)C)C(O)/C=C/CC/C=C/CC/C=C/CCCCCCCCC. The maximum atomic E-state index is 12.9. The number of nitrogens with one attached hydrogen (secondary N) is 1. The molecule has 0 aliphatic rings. The Balaban J connectivity index is 4.39. The Hall–Kier alpha value is -2.32. The van der Waals surface area contributed by atoms with Gasteiger partial charge in [0.2, 0.25) is 5.91 Å². The van der Waals surface area contributed by atoms with Crippen molar-refractivity contribution in [3.8, 4) is 0 Å². The number of nitrogens with zero attached hydrogens (tertiary/aromatic N) is 1. The molecule has 0 radical (unpaired) electrons. The van der Waals surface area contributed by atoms with Gasteiger partial charge in [-0.2, -0.15) is 0 Å². The Kier molecular flexibility index (Phi) is 42.3. The maximum Gasteiger partial charge on any atom is 0.268 e. The van der Waals surface area contributed by atoms with Gasteiger partial charge in [-0.05, 0) is 83.5 Å². The molecule has 0 rings (SSSR count). The molecule has 8 nitrogen and oxygen atoms in total. The Morgan fingerprint density at radius 3 is 1.50 bits per heavy atom. The van der Waals surface area contributed by atoms with Crippen LogP contribution in [0.3, 0.4) is 0 Å². The van der Waals surface area contributed by atoms with Crippen LogP contribution in [-0.2, 0) is 18.4 Å². The van der Waals surface area contributed by atoms with E-state index in [4.69, 9.17) is 9.05 Å². The van der Waals surface area contributed by atoms with Gasteiger partial charge in [0.25, 0.3) is 7.82 Å². The number of carbonyl (C=O) groups is 1. The molecule has 2 N–H and O–H groups in total. The van der Waals surface area contributed by atoms with E-state index in [0.29, 0.717) is 17.4 Å². The van der Waals surface area contributed by atoms with Crippen LogP contribution in [0.4, 0.5) is 0 Å². The standard InChI is InChI=1S/C53H95N2O6P/c1-6-8-10-12-14-16-18-20-22-24-25-26-27-28-29-31-33-35-37-39-41-43-45-47-53(57)54-51(50-61-62(58,59)60-49-48-55(3,4)5)52(56)46-44-42-40-38-36-34-32-30-23-21-19-17-15-13-11-9-7-2/h8,10,14,16,20,22-23,25-26,30,36,38,44,46,51-52,56H,6-7,9,11-13,15,17-19,21,24,27-29,31-35,37,39-43,45,47-50H2,1-5H3,(H-,54,57,58,59)/b10-8-,16-14-,22-20-,26-25-,30-23+,38-36+,46-44+. The summed E-state index contributed by atoms with van der Waals surface area (Å²) in [6.07, 6.45) is 60.6. The van der Waals surface area contributed by atoms with E-state index in [1.807, 2.05) is 27.2 Å². The largest absolute Gasteiger partial charge is 0.756 e. The zero-order valence-electron chi connectivity index (χ0n) is 40.5. The minimum absolute atomic E-state index is 0.0138. The quantitative estimate of drug-likeness (QED) is 0.0273. The van der Waals surface area contributed by atoms with Crippen LogP contribution in [0.2, 0.25) is 0 Å². The maximum absolute atomic E-state index is 12.9. The van der Waals surface area contributed by atoms with Crippen molar-refractivity contribution in [1.29, 1.82) is 0 Å². The number of hydrogen-bond acceptors (Lipinski definition) is 6. The van der Waals surface area contributed by atoms with E-state index in [1.54, 1.807) is 6.08 Å². The van der Waals surface area contributed by atoms with Crippen molar-refractivity contribution in [3.05, 3.63) is 85.1 Å². The second-order valence-corrected chi connectivity index (χ2v) is 19.2. The number of unbranched alkanes of at least 4 members (excludes halogenated alkanes) is 19. The van der Waals surface area contributed by atoms with Gasteiger partial charge in [0, 0.05) is 6.42 Å². The van der Waals surface area contributed by atoms with Crippen molar-refractivity contribution < 1.29 is 32.9 Å². The molecule has 0 spiro atoms. The number of allylic oxidation sites excluding steroid dienone is 13. The highest BCUT2D eigenvalue weighted by molar-refractivity contribution is 7.45. The first-order chi connectivity index (χ1) is 30.0. The summed E-state index contributed by atoms with van der Waals surface area (Å²) in [5.41, 5.74) is 0. The van der Waals surface area contributed by atoms with Gasteiger partial charge in [0.15, 0.2) is 0 Å². The average Bonchev–Trinajstić information content (AvgIpc) is 3.23. The molecule has 0 heterocycles. The van der Waals surface area contributed by atoms with Gasteiger partial charge in [0.1, 0.15) is 13.2 Å². The van der Waals surface area contributed by atoms with Crippen LogP contribution < -0.4 is 10.2 Å². The van der Waals surface area contributed by atoms with Crippen molar-refractivity contribution in [2.24, 2.45) is 0 Å². The Labute approximate surface area is 382 Å². The van der Waals surface area contributed by atoms with E-state index in [0.717, 1.165) is 77.0 Å². The molecular weight excluding hydrogens is 792 g/mol. The zero-order chi connectivity index (χ0) is 45.7. The number of phosphoric ester groups is 1. The number of hydrogen-bond donors (Lipinski definition) is 2. The second-order valence-electron chi connectivity index (χ2n) is 17.8. The fourth-order valence-corrected chi connectivity index (χ4v) is 7.37. The first-order valence-corrected chi connectivity index (χ1v) is 26.4. The van der Waals surface area contributed by atoms with E-state index in [-0.39, 0.29) is 12.5 Å². The highest BCUT2D eigenvalue weighted by atomic mass is 31.2. The van der Waals surface area contributed by atoms with Crippen molar-refractivity contribution in [1.82, 2.24) is 5.32 Å². The van der Waals surface area contributed by atoms with Crippen LogP contribution in [0.15, 0.2) is 85.1 Å². The lowest BCUT2D eigenvalue weighted by Crippen LogP contribution is -2.45. The van der Waals surface area contributed by atoms with Gasteiger partial charge in [0.05, 0.1) is 39.9 Å². The Morgan fingerprint density at radius 2 is 1.00 bits per heavy atom. The van der Waals surface area contributed by atoms with Crippen LogP contribution in [0, 0.1) is 0 Å². The highest BCUT2D eigenvalue weighted by Crippen LogP contribution is 2.38. The first kappa shape index (κ1) is 59.7. The fraction of sp³-hybridized carbons (Fsp3) is 0.717. The van der Waals surface area contributed by atoms with Gasteiger partial charge in [-0.1, -0.05) is 189 Å². The van der Waals surface area contributed by atoms with E-state index in [2.05, 4.69) is 92.1 Å². The predicted molar refractivity (Wildman–Crippen MR) is 265 cm³/mol. The van der Waals surface area contributed by atoms with Gasteiger partial charge >= 0.3 is 0 Å². The molecule has 0 saturated heterocycles. The molecule has 1 amide bonds.